The average molecular weight is 191 g/mol. The second-order valence-electron chi connectivity index (χ2n) is 3.58. The van der Waals surface area contributed by atoms with Crippen LogP contribution in [0.5, 0.6) is 0 Å². The van der Waals surface area contributed by atoms with Crippen LogP contribution < -0.4 is 5.32 Å². The first-order valence-electron chi connectivity index (χ1n) is 4.93. The Morgan fingerprint density at radius 2 is 2.00 bits per heavy atom. The van der Waals surface area contributed by atoms with E-state index in [0.29, 0.717) is 6.42 Å². The van der Waals surface area contributed by atoms with E-state index in [2.05, 4.69) is 17.4 Å². The highest BCUT2D eigenvalue weighted by atomic mass is 16.1. The van der Waals surface area contributed by atoms with Gasteiger partial charge in [0.2, 0.25) is 0 Å². The summed E-state index contributed by atoms with van der Waals surface area (Å²) in [5, 5.41) is 3.16. The zero-order chi connectivity index (χ0) is 10.4. The summed E-state index contributed by atoms with van der Waals surface area (Å²) in [7, 11) is 1.90. The third kappa shape index (κ3) is 3.71. The molecule has 0 heterocycles. The van der Waals surface area contributed by atoms with E-state index in [-0.39, 0.29) is 11.8 Å². The summed E-state index contributed by atoms with van der Waals surface area (Å²) in [5.74, 6) is 0.236. The Balaban J connectivity index is 2.53. The zero-order valence-electron chi connectivity index (χ0n) is 8.79. The van der Waals surface area contributed by atoms with Gasteiger partial charge >= 0.3 is 0 Å². The van der Waals surface area contributed by atoms with E-state index < -0.39 is 0 Å². The first-order chi connectivity index (χ1) is 6.72. The maximum absolute atomic E-state index is 11.0. The summed E-state index contributed by atoms with van der Waals surface area (Å²) in [4.78, 5) is 11.0. The molecule has 0 aliphatic rings. The number of carbonyl (C=O) groups excluding carboxylic acids is 1. The summed E-state index contributed by atoms with van der Waals surface area (Å²) in [6.07, 6.45) is 1.52. The van der Waals surface area contributed by atoms with Gasteiger partial charge in [-0.2, -0.15) is 0 Å². The molecule has 0 fully saturated rings. The topological polar surface area (TPSA) is 29.1 Å². The van der Waals surface area contributed by atoms with Crippen LogP contribution in [0.15, 0.2) is 30.3 Å². The molecule has 0 spiro atoms. The fourth-order valence-corrected chi connectivity index (χ4v) is 1.52. The Labute approximate surface area is 85.3 Å². The lowest BCUT2D eigenvalue weighted by Crippen LogP contribution is -2.29. The smallest absolute Gasteiger partial charge is 0.131 e. The molecular weight excluding hydrogens is 174 g/mol. The second kappa shape index (κ2) is 5.55. The summed E-state index contributed by atoms with van der Waals surface area (Å²) < 4.78 is 0. The third-order valence-electron chi connectivity index (χ3n) is 2.27. The highest BCUT2D eigenvalue weighted by Crippen LogP contribution is 2.05. The van der Waals surface area contributed by atoms with Crippen molar-refractivity contribution in [3.05, 3.63) is 35.9 Å². The Morgan fingerprint density at radius 1 is 1.36 bits per heavy atom. The molecule has 1 atom stereocenters. The Kier molecular flexibility index (Phi) is 4.33. The molecule has 0 saturated carbocycles. The maximum atomic E-state index is 11.0. The van der Waals surface area contributed by atoms with E-state index in [4.69, 9.17) is 0 Å². The number of nitrogens with one attached hydrogen (secondary N) is 1. The van der Waals surface area contributed by atoms with Crippen LogP contribution in [-0.4, -0.2) is 18.9 Å². The molecule has 0 bridgehead atoms. The van der Waals surface area contributed by atoms with Gasteiger partial charge in [-0.25, -0.2) is 0 Å². The van der Waals surface area contributed by atoms with Crippen LogP contribution in [0.25, 0.3) is 0 Å². The van der Waals surface area contributed by atoms with E-state index in [1.165, 1.54) is 5.56 Å². The fraction of sp³-hybridized carbons (Fsp3) is 0.417. The molecule has 0 radical (unpaired) electrons. The summed E-state index contributed by atoms with van der Waals surface area (Å²) in [6.45, 7) is 1.63. The molecule has 0 aliphatic carbocycles. The van der Waals surface area contributed by atoms with Gasteiger partial charge in [0.25, 0.3) is 0 Å². The second-order valence-corrected chi connectivity index (χ2v) is 3.58. The van der Waals surface area contributed by atoms with Crippen molar-refractivity contribution in [2.75, 3.05) is 7.05 Å². The molecule has 0 unspecified atom stereocenters. The summed E-state index contributed by atoms with van der Waals surface area (Å²) in [5.41, 5.74) is 1.27. The monoisotopic (exact) mass is 191 g/mol. The normalized spacial score (nSPS) is 12.4. The maximum Gasteiger partial charge on any atom is 0.131 e. The van der Waals surface area contributed by atoms with Gasteiger partial charge in [-0.3, -0.25) is 4.79 Å². The predicted molar refractivity (Wildman–Crippen MR) is 58.3 cm³/mol. The van der Waals surface area contributed by atoms with Crippen LogP contribution >= 0.6 is 0 Å². The van der Waals surface area contributed by atoms with E-state index in [9.17, 15) is 4.79 Å². The van der Waals surface area contributed by atoms with Gasteiger partial charge in [0, 0.05) is 12.5 Å². The molecule has 1 aromatic rings. The lowest BCUT2D eigenvalue weighted by molar-refractivity contribution is -0.117. The first kappa shape index (κ1) is 10.9. The van der Waals surface area contributed by atoms with Crippen molar-refractivity contribution in [1.82, 2.24) is 5.32 Å². The number of hydrogen-bond acceptors (Lipinski definition) is 2. The van der Waals surface area contributed by atoms with E-state index in [1.54, 1.807) is 6.92 Å². The predicted octanol–water partition coefficient (Wildman–Crippen LogP) is 1.80. The molecule has 0 aromatic heterocycles. The number of benzene rings is 1. The minimum Gasteiger partial charge on any atom is -0.316 e. The van der Waals surface area contributed by atoms with E-state index in [0.717, 1.165) is 6.42 Å². The third-order valence-corrected chi connectivity index (χ3v) is 2.27. The van der Waals surface area contributed by atoms with Gasteiger partial charge in [-0.1, -0.05) is 30.3 Å². The number of Topliss-reactive ketones (excluding diaryl/α,β-unsaturated/α-hetero) is 1. The van der Waals surface area contributed by atoms with Crippen molar-refractivity contribution in [2.45, 2.75) is 25.8 Å². The molecular formula is C12H17NO. The Hall–Kier alpha value is -1.15. The molecule has 76 valence electrons. The quantitative estimate of drug-likeness (QED) is 0.769. The summed E-state index contributed by atoms with van der Waals surface area (Å²) >= 11 is 0. The number of hydrogen-bond donors (Lipinski definition) is 1. The number of ketones is 1. The number of likely N-dealkylation sites (N-methyl/N-ethyl adjacent to an activating group) is 1. The molecule has 0 saturated heterocycles. The average Bonchev–Trinajstić information content (AvgIpc) is 2.17. The zero-order valence-corrected chi connectivity index (χ0v) is 8.79. The van der Waals surface area contributed by atoms with Crippen LogP contribution in [0.1, 0.15) is 18.9 Å². The van der Waals surface area contributed by atoms with Crippen LogP contribution in [0, 0.1) is 0 Å². The molecule has 0 aliphatic heterocycles. The standard InChI is InChI=1S/C12H17NO/c1-10(14)8-12(13-2)9-11-6-4-3-5-7-11/h3-7,12-13H,8-9H2,1-2H3/t12-/m1/s1. The molecule has 1 rings (SSSR count). The highest BCUT2D eigenvalue weighted by molar-refractivity contribution is 5.76. The first-order valence-corrected chi connectivity index (χ1v) is 4.93. The molecule has 14 heavy (non-hydrogen) atoms. The Bertz CT molecular complexity index is 282. The van der Waals surface area contributed by atoms with Crippen LogP contribution in [-0.2, 0) is 11.2 Å². The van der Waals surface area contributed by atoms with E-state index in [1.807, 2.05) is 25.2 Å². The molecule has 2 nitrogen and oxygen atoms in total. The lowest BCUT2D eigenvalue weighted by atomic mass is 10.0. The lowest BCUT2D eigenvalue weighted by Gasteiger charge is -2.14. The Morgan fingerprint density at radius 3 is 2.50 bits per heavy atom. The number of carbonyl (C=O) groups is 1. The fourth-order valence-electron chi connectivity index (χ4n) is 1.52. The summed E-state index contributed by atoms with van der Waals surface area (Å²) in [6, 6.07) is 10.5. The molecule has 1 N–H and O–H groups in total. The minimum atomic E-state index is 0.236. The molecule has 0 amide bonds. The van der Waals surface area contributed by atoms with Gasteiger partial charge in [0.05, 0.1) is 0 Å². The van der Waals surface area contributed by atoms with E-state index >= 15 is 0 Å². The largest absolute Gasteiger partial charge is 0.316 e. The van der Waals surface area contributed by atoms with Gasteiger partial charge in [0.15, 0.2) is 0 Å². The van der Waals surface area contributed by atoms with Crippen molar-refractivity contribution in [2.24, 2.45) is 0 Å². The van der Waals surface area contributed by atoms with Crippen molar-refractivity contribution in [3.63, 3.8) is 0 Å². The minimum absolute atomic E-state index is 0.236. The SMILES string of the molecule is CN[C@H](CC(C)=O)Cc1ccccc1. The van der Waals surface area contributed by atoms with Gasteiger partial charge in [0.1, 0.15) is 5.78 Å². The number of rotatable bonds is 5. The van der Waals surface area contributed by atoms with Gasteiger partial charge in [-0.05, 0) is 26.0 Å². The van der Waals surface area contributed by atoms with Crippen molar-refractivity contribution in [1.29, 1.82) is 0 Å². The molecule has 1 aromatic carbocycles. The van der Waals surface area contributed by atoms with Crippen LogP contribution in [0.3, 0.4) is 0 Å². The van der Waals surface area contributed by atoms with Crippen molar-refractivity contribution in [3.8, 4) is 0 Å². The molecule has 2 heteroatoms. The van der Waals surface area contributed by atoms with Crippen LogP contribution in [0.4, 0.5) is 0 Å². The van der Waals surface area contributed by atoms with Crippen LogP contribution in [0.2, 0.25) is 0 Å². The van der Waals surface area contributed by atoms with Gasteiger partial charge in [-0.15, -0.1) is 0 Å². The highest BCUT2D eigenvalue weighted by Gasteiger charge is 2.08. The van der Waals surface area contributed by atoms with Crippen molar-refractivity contribution < 1.29 is 4.79 Å². The van der Waals surface area contributed by atoms with Gasteiger partial charge < -0.3 is 5.32 Å². The van der Waals surface area contributed by atoms with Crippen molar-refractivity contribution >= 4 is 5.78 Å².